The summed E-state index contributed by atoms with van der Waals surface area (Å²) in [6, 6.07) is 6.96. The second kappa shape index (κ2) is 8.73. The van der Waals surface area contributed by atoms with Gasteiger partial charge in [-0.3, -0.25) is 9.69 Å². The number of para-hydroxylation sites is 2. The van der Waals surface area contributed by atoms with Gasteiger partial charge in [-0.2, -0.15) is 0 Å². The first-order chi connectivity index (χ1) is 14.6. The van der Waals surface area contributed by atoms with Gasteiger partial charge in [0, 0.05) is 32.0 Å². The summed E-state index contributed by atoms with van der Waals surface area (Å²) in [5.74, 6) is 0.434. The maximum atomic E-state index is 12.6. The van der Waals surface area contributed by atoms with Gasteiger partial charge in [0.05, 0.1) is 17.6 Å². The zero-order chi connectivity index (χ0) is 21.1. The summed E-state index contributed by atoms with van der Waals surface area (Å²) < 4.78 is 10.1. The van der Waals surface area contributed by atoms with E-state index in [4.69, 9.17) is 9.47 Å². The minimum atomic E-state index is -0.696. The summed E-state index contributed by atoms with van der Waals surface area (Å²) >= 11 is 0. The topological polar surface area (TPSA) is 105 Å². The van der Waals surface area contributed by atoms with Crippen molar-refractivity contribution in [1.29, 1.82) is 0 Å². The van der Waals surface area contributed by atoms with Crippen molar-refractivity contribution in [2.75, 3.05) is 26.3 Å². The Morgan fingerprint density at radius 1 is 1.27 bits per heavy atom. The molecular weight excluding hydrogens is 388 g/mol. The Bertz CT molecular complexity index is 901. The number of H-pyrrole nitrogens is 1. The number of aromatic nitrogens is 2. The maximum absolute atomic E-state index is 12.6. The first-order valence-electron chi connectivity index (χ1n) is 10.4. The minimum absolute atomic E-state index is 0.0221. The highest BCUT2D eigenvalue weighted by atomic mass is 16.6. The van der Waals surface area contributed by atoms with E-state index in [1.54, 1.807) is 6.92 Å². The van der Waals surface area contributed by atoms with Crippen LogP contribution in [0.15, 0.2) is 24.3 Å². The van der Waals surface area contributed by atoms with Crippen molar-refractivity contribution in [2.24, 2.45) is 0 Å². The number of benzene rings is 1. The summed E-state index contributed by atoms with van der Waals surface area (Å²) in [7, 11) is 0. The first-order valence-corrected chi connectivity index (χ1v) is 10.4. The van der Waals surface area contributed by atoms with Gasteiger partial charge in [-0.1, -0.05) is 12.1 Å². The number of imidazole rings is 1. The van der Waals surface area contributed by atoms with Crippen LogP contribution in [0.4, 0.5) is 4.79 Å². The second-order valence-corrected chi connectivity index (χ2v) is 7.56. The number of hydrogen-bond acceptors (Lipinski definition) is 6. The van der Waals surface area contributed by atoms with Gasteiger partial charge in [0.25, 0.3) is 0 Å². The molecule has 3 heterocycles. The van der Waals surface area contributed by atoms with E-state index in [0.29, 0.717) is 38.8 Å². The third-order valence-corrected chi connectivity index (χ3v) is 5.69. The molecule has 2 fully saturated rings. The number of piperidine rings is 1. The lowest BCUT2D eigenvalue weighted by atomic mass is 10.0. The zero-order valence-electron chi connectivity index (χ0n) is 17.0. The smallest absolute Gasteiger partial charge is 0.410 e. The van der Waals surface area contributed by atoms with Crippen LogP contribution in [0.1, 0.15) is 32.0 Å². The van der Waals surface area contributed by atoms with Crippen molar-refractivity contribution in [2.45, 2.75) is 44.7 Å². The number of cyclic esters (lactones) is 1. The number of carbonyl (C=O) groups is 3. The predicted octanol–water partition coefficient (Wildman–Crippen LogP) is 1.87. The number of nitrogens with zero attached hydrogens (tertiary/aromatic N) is 3. The number of nitrogens with one attached hydrogen (secondary N) is 1. The molecule has 0 saturated carbocycles. The quantitative estimate of drug-likeness (QED) is 0.724. The molecule has 160 valence electrons. The largest absolute Gasteiger partial charge is 0.464 e. The number of aromatic amines is 1. The highest BCUT2D eigenvalue weighted by molar-refractivity contribution is 5.84. The Labute approximate surface area is 174 Å². The van der Waals surface area contributed by atoms with Crippen molar-refractivity contribution in [3.63, 3.8) is 0 Å². The first kappa shape index (κ1) is 20.2. The van der Waals surface area contributed by atoms with Gasteiger partial charge in [-0.25, -0.2) is 14.6 Å². The van der Waals surface area contributed by atoms with Crippen molar-refractivity contribution in [1.82, 2.24) is 19.8 Å². The summed E-state index contributed by atoms with van der Waals surface area (Å²) in [4.78, 5) is 48.0. The van der Waals surface area contributed by atoms with E-state index in [0.717, 1.165) is 16.9 Å². The molecule has 2 saturated heterocycles. The van der Waals surface area contributed by atoms with E-state index in [2.05, 4.69) is 9.97 Å². The standard InChI is InChI=1S/C21H26N4O5/c1-2-29-20(27)17-13-30-21(28)25(17)14-9-11-24(12-10-14)19(26)8-7-18-22-15-5-3-4-6-16(15)23-18/h3-6,14,17H,2,7-13H2,1H3,(H,22,23). The third-order valence-electron chi connectivity index (χ3n) is 5.69. The molecule has 1 aromatic heterocycles. The number of aryl methyl sites for hydroxylation is 1. The molecule has 30 heavy (non-hydrogen) atoms. The molecule has 2 amide bonds. The molecule has 2 aromatic rings. The van der Waals surface area contributed by atoms with E-state index >= 15 is 0 Å². The number of hydrogen-bond donors (Lipinski definition) is 1. The number of fused-ring (bicyclic) bond motifs is 1. The number of esters is 1. The van der Waals surface area contributed by atoms with Crippen molar-refractivity contribution >= 4 is 29.0 Å². The zero-order valence-corrected chi connectivity index (χ0v) is 17.0. The average Bonchev–Trinajstić information content (AvgIpc) is 3.35. The van der Waals surface area contributed by atoms with Gasteiger partial charge in [0.2, 0.25) is 5.91 Å². The summed E-state index contributed by atoms with van der Waals surface area (Å²) in [5.41, 5.74) is 1.86. The van der Waals surface area contributed by atoms with Gasteiger partial charge in [0.1, 0.15) is 12.4 Å². The molecule has 2 aliphatic rings. The molecule has 1 aromatic carbocycles. The lowest BCUT2D eigenvalue weighted by molar-refractivity contribution is -0.149. The molecule has 9 nitrogen and oxygen atoms in total. The Kier molecular flexibility index (Phi) is 5.87. The number of ether oxygens (including phenoxy) is 2. The van der Waals surface area contributed by atoms with Crippen LogP contribution >= 0.6 is 0 Å². The molecule has 4 rings (SSSR count). The van der Waals surface area contributed by atoms with E-state index < -0.39 is 18.1 Å². The van der Waals surface area contributed by atoms with Gasteiger partial charge < -0.3 is 19.4 Å². The van der Waals surface area contributed by atoms with Crippen LogP contribution in [0.3, 0.4) is 0 Å². The average molecular weight is 414 g/mol. The maximum Gasteiger partial charge on any atom is 0.410 e. The molecule has 2 aliphatic heterocycles. The lowest BCUT2D eigenvalue weighted by Crippen LogP contribution is -2.52. The molecule has 1 unspecified atom stereocenters. The molecule has 0 spiro atoms. The van der Waals surface area contributed by atoms with E-state index in [1.807, 2.05) is 29.2 Å². The lowest BCUT2D eigenvalue weighted by Gasteiger charge is -2.37. The van der Waals surface area contributed by atoms with Crippen molar-refractivity contribution < 1.29 is 23.9 Å². The van der Waals surface area contributed by atoms with Gasteiger partial charge in [0.15, 0.2) is 6.04 Å². The Morgan fingerprint density at radius 3 is 2.77 bits per heavy atom. The van der Waals surface area contributed by atoms with Crippen LogP contribution in [0, 0.1) is 0 Å². The van der Waals surface area contributed by atoms with Gasteiger partial charge in [-0.05, 0) is 31.9 Å². The SMILES string of the molecule is CCOC(=O)C1COC(=O)N1C1CCN(C(=O)CCc2nc3ccccc3[nH]2)CC1. The molecule has 1 N–H and O–H groups in total. The van der Waals surface area contributed by atoms with Crippen molar-refractivity contribution in [3.05, 3.63) is 30.1 Å². The number of carbonyl (C=O) groups excluding carboxylic acids is 3. The van der Waals surface area contributed by atoms with Crippen molar-refractivity contribution in [3.8, 4) is 0 Å². The molecule has 0 aliphatic carbocycles. The molecule has 0 radical (unpaired) electrons. The van der Waals surface area contributed by atoms with Crippen LogP contribution in [0.5, 0.6) is 0 Å². The fourth-order valence-electron chi connectivity index (χ4n) is 4.16. The predicted molar refractivity (Wildman–Crippen MR) is 108 cm³/mol. The van der Waals surface area contributed by atoms with E-state index in [1.165, 1.54) is 4.90 Å². The molecule has 0 bridgehead atoms. The summed E-state index contributed by atoms with van der Waals surface area (Å²) in [6.07, 6.45) is 1.67. The van der Waals surface area contributed by atoms with Crippen LogP contribution in [0.2, 0.25) is 0 Å². The summed E-state index contributed by atoms with van der Waals surface area (Å²) in [6.45, 7) is 3.10. The van der Waals surface area contributed by atoms with E-state index in [-0.39, 0.29) is 25.2 Å². The van der Waals surface area contributed by atoms with Crippen LogP contribution in [0.25, 0.3) is 11.0 Å². The third kappa shape index (κ3) is 4.10. The van der Waals surface area contributed by atoms with Crippen LogP contribution in [-0.2, 0) is 25.5 Å². The Balaban J connectivity index is 1.29. The molecule has 9 heteroatoms. The molecule has 1 atom stereocenters. The van der Waals surface area contributed by atoms with Crippen LogP contribution < -0.4 is 0 Å². The monoisotopic (exact) mass is 414 g/mol. The van der Waals surface area contributed by atoms with Gasteiger partial charge in [-0.15, -0.1) is 0 Å². The fraction of sp³-hybridized carbons (Fsp3) is 0.524. The summed E-state index contributed by atoms with van der Waals surface area (Å²) in [5, 5.41) is 0. The minimum Gasteiger partial charge on any atom is -0.464 e. The Morgan fingerprint density at radius 2 is 2.03 bits per heavy atom. The highest BCUT2D eigenvalue weighted by Gasteiger charge is 2.44. The second-order valence-electron chi connectivity index (χ2n) is 7.56. The Hall–Kier alpha value is -3.10. The highest BCUT2D eigenvalue weighted by Crippen LogP contribution is 2.25. The fourth-order valence-corrected chi connectivity index (χ4v) is 4.16. The van der Waals surface area contributed by atoms with E-state index in [9.17, 15) is 14.4 Å². The number of amides is 2. The number of likely N-dealkylation sites (tertiary alicyclic amines) is 1. The molecular formula is C21H26N4O5. The van der Waals surface area contributed by atoms with Crippen LogP contribution in [-0.4, -0.2) is 76.1 Å². The number of rotatable bonds is 6. The van der Waals surface area contributed by atoms with Gasteiger partial charge >= 0.3 is 12.1 Å². The normalized spacial score (nSPS) is 19.9.